The lowest BCUT2D eigenvalue weighted by molar-refractivity contribution is -0.147. The SMILES string of the molecule is CC1(c2cnc(Cn3cc(N)cn3)s2)OCCO1. The largest absolute Gasteiger partial charge is 0.396 e. The number of nitrogens with zero attached hydrogens (tertiary/aromatic N) is 3. The zero-order chi connectivity index (χ0) is 12.6. The summed E-state index contributed by atoms with van der Waals surface area (Å²) in [5, 5.41) is 5.08. The molecule has 96 valence electrons. The van der Waals surface area contributed by atoms with E-state index in [1.54, 1.807) is 34.6 Å². The summed E-state index contributed by atoms with van der Waals surface area (Å²) in [4.78, 5) is 5.35. The van der Waals surface area contributed by atoms with E-state index in [9.17, 15) is 0 Å². The number of nitrogen functional groups attached to an aromatic ring is 1. The second kappa shape index (κ2) is 4.34. The van der Waals surface area contributed by atoms with E-state index in [1.807, 2.05) is 6.92 Å². The van der Waals surface area contributed by atoms with Crippen LogP contribution < -0.4 is 5.73 Å². The molecule has 1 aliphatic rings. The molecule has 0 aliphatic carbocycles. The number of nitrogens with two attached hydrogens (primary N) is 1. The van der Waals surface area contributed by atoms with E-state index >= 15 is 0 Å². The molecule has 2 N–H and O–H groups in total. The van der Waals surface area contributed by atoms with Crippen LogP contribution in [0.4, 0.5) is 5.69 Å². The molecule has 6 nitrogen and oxygen atoms in total. The molecule has 0 unspecified atom stereocenters. The van der Waals surface area contributed by atoms with Crippen molar-refractivity contribution in [1.82, 2.24) is 14.8 Å². The maximum absolute atomic E-state index is 5.62. The number of aromatic nitrogens is 3. The van der Waals surface area contributed by atoms with E-state index in [-0.39, 0.29) is 0 Å². The summed E-state index contributed by atoms with van der Waals surface area (Å²) in [6.45, 7) is 3.78. The number of hydrogen-bond donors (Lipinski definition) is 1. The second-order valence-corrected chi connectivity index (χ2v) is 5.35. The highest BCUT2D eigenvalue weighted by molar-refractivity contribution is 7.11. The molecule has 0 amide bonds. The maximum atomic E-state index is 5.62. The van der Waals surface area contributed by atoms with E-state index in [0.717, 1.165) is 9.88 Å². The Labute approximate surface area is 108 Å². The van der Waals surface area contributed by atoms with E-state index in [2.05, 4.69) is 10.1 Å². The summed E-state index contributed by atoms with van der Waals surface area (Å²) in [5.41, 5.74) is 6.27. The Balaban J connectivity index is 1.77. The summed E-state index contributed by atoms with van der Waals surface area (Å²) in [6.07, 6.45) is 5.21. The number of thiazole rings is 1. The Bertz CT molecular complexity index is 545. The zero-order valence-corrected chi connectivity index (χ0v) is 10.8. The van der Waals surface area contributed by atoms with Gasteiger partial charge >= 0.3 is 0 Å². The Morgan fingerprint density at radius 3 is 2.89 bits per heavy atom. The van der Waals surface area contributed by atoms with E-state index in [0.29, 0.717) is 25.4 Å². The Hall–Kier alpha value is -1.44. The molecule has 0 radical (unpaired) electrons. The first-order valence-corrected chi connectivity index (χ1v) is 6.48. The van der Waals surface area contributed by atoms with Gasteiger partial charge in [-0.2, -0.15) is 5.10 Å². The van der Waals surface area contributed by atoms with Gasteiger partial charge in [-0.25, -0.2) is 4.98 Å². The van der Waals surface area contributed by atoms with Crippen molar-refractivity contribution in [1.29, 1.82) is 0 Å². The monoisotopic (exact) mass is 266 g/mol. The fraction of sp³-hybridized carbons (Fsp3) is 0.455. The zero-order valence-electron chi connectivity index (χ0n) is 10.00. The van der Waals surface area contributed by atoms with Crippen LogP contribution in [0.3, 0.4) is 0 Å². The average molecular weight is 266 g/mol. The molecule has 3 heterocycles. The van der Waals surface area contributed by atoms with Crippen LogP contribution in [0.15, 0.2) is 18.6 Å². The Morgan fingerprint density at radius 2 is 2.22 bits per heavy atom. The van der Waals surface area contributed by atoms with Crippen molar-refractivity contribution in [3.8, 4) is 0 Å². The van der Waals surface area contributed by atoms with Gasteiger partial charge in [-0.1, -0.05) is 0 Å². The van der Waals surface area contributed by atoms with Crippen molar-refractivity contribution < 1.29 is 9.47 Å². The summed E-state index contributed by atoms with van der Waals surface area (Å²) >= 11 is 1.57. The molecule has 7 heteroatoms. The van der Waals surface area contributed by atoms with Gasteiger partial charge in [0, 0.05) is 12.4 Å². The molecule has 0 bridgehead atoms. The van der Waals surface area contributed by atoms with Crippen molar-refractivity contribution >= 4 is 17.0 Å². The molecule has 1 aliphatic heterocycles. The van der Waals surface area contributed by atoms with Gasteiger partial charge in [0.15, 0.2) is 0 Å². The Morgan fingerprint density at radius 1 is 1.44 bits per heavy atom. The van der Waals surface area contributed by atoms with Crippen molar-refractivity contribution in [2.24, 2.45) is 0 Å². The average Bonchev–Trinajstić information content (AvgIpc) is 3.02. The minimum absolute atomic E-state index is 0.609. The molecular weight excluding hydrogens is 252 g/mol. The lowest BCUT2D eigenvalue weighted by Crippen LogP contribution is -2.20. The third-order valence-corrected chi connectivity index (χ3v) is 3.96. The van der Waals surface area contributed by atoms with E-state index in [4.69, 9.17) is 15.2 Å². The number of ether oxygens (including phenoxy) is 2. The fourth-order valence-corrected chi connectivity index (χ4v) is 2.82. The first-order chi connectivity index (χ1) is 8.66. The molecule has 2 aromatic rings. The molecule has 0 aromatic carbocycles. The lowest BCUT2D eigenvalue weighted by Gasteiger charge is -2.19. The molecule has 1 saturated heterocycles. The van der Waals surface area contributed by atoms with Crippen LogP contribution in [0.2, 0.25) is 0 Å². The van der Waals surface area contributed by atoms with E-state index in [1.165, 1.54) is 0 Å². The van der Waals surface area contributed by atoms with E-state index < -0.39 is 5.79 Å². The van der Waals surface area contributed by atoms with Gasteiger partial charge in [-0.05, 0) is 6.92 Å². The molecule has 3 rings (SSSR count). The summed E-state index contributed by atoms with van der Waals surface area (Å²) in [7, 11) is 0. The standard InChI is InChI=1S/C11H14N4O2S/c1-11(16-2-3-17-11)9-5-13-10(18-9)7-15-6-8(12)4-14-15/h4-6H,2-3,7,12H2,1H3. The number of hydrogen-bond acceptors (Lipinski definition) is 6. The second-order valence-electron chi connectivity index (χ2n) is 4.23. The highest BCUT2D eigenvalue weighted by atomic mass is 32.1. The molecule has 1 fully saturated rings. The highest BCUT2D eigenvalue weighted by Gasteiger charge is 2.35. The van der Waals surface area contributed by atoms with Gasteiger partial charge in [-0.15, -0.1) is 11.3 Å². The van der Waals surface area contributed by atoms with Crippen LogP contribution in [0, 0.1) is 0 Å². The maximum Gasteiger partial charge on any atom is 0.203 e. The first kappa shape index (κ1) is 11.6. The topological polar surface area (TPSA) is 75.2 Å². The lowest BCUT2D eigenvalue weighted by atomic mass is 10.3. The summed E-state index contributed by atoms with van der Waals surface area (Å²) in [5.74, 6) is -0.640. The van der Waals surface area contributed by atoms with Gasteiger partial charge in [0.2, 0.25) is 5.79 Å². The predicted octanol–water partition coefficient (Wildman–Crippen LogP) is 1.19. The quantitative estimate of drug-likeness (QED) is 0.903. The van der Waals surface area contributed by atoms with Gasteiger partial charge in [0.25, 0.3) is 0 Å². The predicted molar refractivity (Wildman–Crippen MR) is 67.1 cm³/mol. The van der Waals surface area contributed by atoms with Gasteiger partial charge in [-0.3, -0.25) is 4.68 Å². The van der Waals surface area contributed by atoms with Crippen molar-refractivity contribution in [3.63, 3.8) is 0 Å². The minimum Gasteiger partial charge on any atom is -0.396 e. The molecule has 0 atom stereocenters. The first-order valence-electron chi connectivity index (χ1n) is 5.67. The van der Waals surface area contributed by atoms with Crippen LogP contribution in [-0.2, 0) is 21.8 Å². The van der Waals surface area contributed by atoms with Crippen molar-refractivity contribution in [3.05, 3.63) is 28.5 Å². The summed E-state index contributed by atoms with van der Waals surface area (Å²) < 4.78 is 13.0. The van der Waals surface area contributed by atoms with Crippen LogP contribution in [0.25, 0.3) is 0 Å². The third-order valence-electron chi connectivity index (χ3n) is 2.79. The van der Waals surface area contributed by atoms with Crippen LogP contribution in [0.1, 0.15) is 16.8 Å². The minimum atomic E-state index is -0.640. The van der Waals surface area contributed by atoms with Crippen LogP contribution >= 0.6 is 11.3 Å². The van der Waals surface area contributed by atoms with Gasteiger partial charge in [0.1, 0.15) is 5.01 Å². The molecule has 2 aromatic heterocycles. The smallest absolute Gasteiger partial charge is 0.203 e. The highest BCUT2D eigenvalue weighted by Crippen LogP contribution is 2.34. The molecular formula is C11H14N4O2S. The summed E-state index contributed by atoms with van der Waals surface area (Å²) in [6, 6.07) is 0. The number of rotatable bonds is 3. The van der Waals surface area contributed by atoms with Gasteiger partial charge in [0.05, 0.1) is 36.5 Å². The van der Waals surface area contributed by atoms with Crippen molar-refractivity contribution in [2.75, 3.05) is 18.9 Å². The fourth-order valence-electron chi connectivity index (χ4n) is 1.85. The van der Waals surface area contributed by atoms with Crippen molar-refractivity contribution in [2.45, 2.75) is 19.3 Å². The third kappa shape index (κ3) is 2.12. The number of anilines is 1. The molecule has 18 heavy (non-hydrogen) atoms. The van der Waals surface area contributed by atoms with Crippen LogP contribution in [-0.4, -0.2) is 28.0 Å². The van der Waals surface area contributed by atoms with Gasteiger partial charge < -0.3 is 15.2 Å². The normalized spacial score (nSPS) is 18.3. The molecule has 0 saturated carbocycles. The Kier molecular flexibility index (Phi) is 2.81. The van der Waals surface area contributed by atoms with Crippen LogP contribution in [0.5, 0.6) is 0 Å². The molecule has 0 spiro atoms.